The van der Waals surface area contributed by atoms with E-state index in [4.69, 9.17) is 9.26 Å². The number of fused-ring (bicyclic) bond motifs is 3. The van der Waals surface area contributed by atoms with Gasteiger partial charge in [-0.25, -0.2) is 4.52 Å². The monoisotopic (exact) mass is 491 g/mol. The second kappa shape index (κ2) is 7.91. The molecule has 1 aliphatic heterocycles. The molecule has 2 aliphatic rings. The molecule has 3 aromatic rings. The number of nitrogens with one attached hydrogen (secondary N) is 1. The summed E-state index contributed by atoms with van der Waals surface area (Å²) in [7, 11) is 0. The average Bonchev–Trinajstić information content (AvgIpc) is 3.41. The standard InChI is InChI=1S/C19H19F6N7O2/c1-9-26-17(34-30-9)31-6-10-2-3-11(7-31)14(10)27-16-28-15-12(33-8-18(20,21)22)4-5-13(19(23,24)25)32(15)29-16/h4-5,10-11,14H,2-3,6-8H2,1H3,(H,27,29)/t10-,11+,14?. The van der Waals surface area contributed by atoms with E-state index in [-0.39, 0.29) is 23.8 Å². The van der Waals surface area contributed by atoms with E-state index in [1.807, 2.05) is 4.90 Å². The van der Waals surface area contributed by atoms with Crippen LogP contribution in [-0.4, -0.2) is 56.7 Å². The molecule has 2 bridgehead atoms. The van der Waals surface area contributed by atoms with Gasteiger partial charge in [0.2, 0.25) is 5.95 Å². The topological polar surface area (TPSA) is 93.6 Å². The highest BCUT2D eigenvalue weighted by Gasteiger charge is 2.44. The zero-order chi connectivity index (χ0) is 24.3. The number of anilines is 2. The predicted molar refractivity (Wildman–Crippen MR) is 104 cm³/mol. The molecule has 34 heavy (non-hydrogen) atoms. The van der Waals surface area contributed by atoms with Crippen molar-refractivity contribution < 1.29 is 35.6 Å². The Morgan fingerprint density at radius 2 is 1.79 bits per heavy atom. The van der Waals surface area contributed by atoms with E-state index in [2.05, 4.69) is 25.5 Å². The summed E-state index contributed by atoms with van der Waals surface area (Å²) < 4.78 is 88.6. The Morgan fingerprint density at radius 1 is 1.09 bits per heavy atom. The first-order valence-electron chi connectivity index (χ1n) is 10.5. The largest absolute Gasteiger partial charge is 0.480 e. The van der Waals surface area contributed by atoms with Crippen LogP contribution in [0.1, 0.15) is 24.4 Å². The van der Waals surface area contributed by atoms with E-state index < -0.39 is 36.1 Å². The lowest BCUT2D eigenvalue weighted by molar-refractivity contribution is -0.153. The number of pyridine rings is 1. The fourth-order valence-corrected chi connectivity index (χ4v) is 4.67. The van der Waals surface area contributed by atoms with Gasteiger partial charge in [-0.2, -0.15) is 36.3 Å². The highest BCUT2D eigenvalue weighted by atomic mass is 19.4. The van der Waals surface area contributed by atoms with E-state index >= 15 is 0 Å². The molecule has 0 radical (unpaired) electrons. The zero-order valence-corrected chi connectivity index (χ0v) is 17.7. The van der Waals surface area contributed by atoms with E-state index in [9.17, 15) is 26.3 Å². The summed E-state index contributed by atoms with van der Waals surface area (Å²) in [5.41, 5.74) is -1.63. The fraction of sp³-hybridized carbons (Fsp3) is 0.579. The van der Waals surface area contributed by atoms with Crippen LogP contribution in [0, 0.1) is 18.8 Å². The Bertz CT molecular complexity index is 1180. The molecule has 1 saturated heterocycles. The third-order valence-electron chi connectivity index (χ3n) is 6.05. The molecule has 5 rings (SSSR count). The lowest BCUT2D eigenvalue weighted by Gasteiger charge is -2.37. The number of piperidine rings is 1. The second-order valence-corrected chi connectivity index (χ2v) is 8.45. The van der Waals surface area contributed by atoms with Crippen LogP contribution < -0.4 is 15.0 Å². The van der Waals surface area contributed by atoms with Gasteiger partial charge in [-0.05, 0) is 43.7 Å². The van der Waals surface area contributed by atoms with Crippen LogP contribution in [0.4, 0.5) is 38.3 Å². The minimum absolute atomic E-state index is 0.112. The van der Waals surface area contributed by atoms with Crippen molar-refractivity contribution in [2.45, 2.75) is 38.2 Å². The van der Waals surface area contributed by atoms with Gasteiger partial charge >= 0.3 is 18.4 Å². The quantitative estimate of drug-likeness (QED) is 0.540. The first-order valence-corrected chi connectivity index (χ1v) is 10.5. The molecule has 1 unspecified atom stereocenters. The number of hydrogen-bond donors (Lipinski definition) is 1. The molecule has 2 fully saturated rings. The first-order chi connectivity index (χ1) is 16.0. The smallest absolute Gasteiger partial charge is 0.433 e. The number of alkyl halides is 6. The highest BCUT2D eigenvalue weighted by molar-refractivity contribution is 5.57. The first kappa shape index (κ1) is 22.5. The highest BCUT2D eigenvalue weighted by Crippen LogP contribution is 2.40. The van der Waals surface area contributed by atoms with Crippen molar-refractivity contribution in [3.63, 3.8) is 0 Å². The average molecular weight is 491 g/mol. The van der Waals surface area contributed by atoms with Crippen LogP contribution in [0.15, 0.2) is 16.7 Å². The fourth-order valence-electron chi connectivity index (χ4n) is 4.67. The Morgan fingerprint density at radius 3 is 2.38 bits per heavy atom. The van der Waals surface area contributed by atoms with Crippen molar-refractivity contribution in [2.75, 3.05) is 29.9 Å². The van der Waals surface area contributed by atoms with Gasteiger partial charge < -0.3 is 19.5 Å². The maximum Gasteiger partial charge on any atom is 0.433 e. The summed E-state index contributed by atoms with van der Waals surface area (Å²) in [6.07, 6.45) is -7.72. The maximum atomic E-state index is 13.5. The Labute approximate surface area is 188 Å². The van der Waals surface area contributed by atoms with Crippen molar-refractivity contribution >= 4 is 17.6 Å². The minimum atomic E-state index is -4.79. The molecule has 15 heteroatoms. The number of rotatable bonds is 5. The molecular formula is C19H19F6N7O2. The molecule has 3 atom stereocenters. The zero-order valence-electron chi connectivity index (χ0n) is 17.7. The predicted octanol–water partition coefficient (Wildman–Crippen LogP) is 3.71. The molecule has 0 aromatic carbocycles. The van der Waals surface area contributed by atoms with Crippen molar-refractivity contribution in [1.82, 2.24) is 24.7 Å². The summed E-state index contributed by atoms with van der Waals surface area (Å²) >= 11 is 0. The molecule has 1 saturated carbocycles. The third-order valence-corrected chi connectivity index (χ3v) is 6.05. The Hall–Kier alpha value is -3.26. The van der Waals surface area contributed by atoms with Gasteiger partial charge in [0, 0.05) is 19.1 Å². The number of aryl methyl sites for hydroxylation is 1. The van der Waals surface area contributed by atoms with Gasteiger partial charge in [-0.3, -0.25) is 0 Å². The summed E-state index contributed by atoms with van der Waals surface area (Å²) in [6.45, 7) is 1.24. The van der Waals surface area contributed by atoms with Gasteiger partial charge in [-0.15, -0.1) is 5.10 Å². The molecule has 0 amide bonds. The van der Waals surface area contributed by atoms with Crippen molar-refractivity contribution in [2.24, 2.45) is 11.8 Å². The molecule has 9 nitrogen and oxygen atoms in total. The Kier molecular flexibility index (Phi) is 5.24. The van der Waals surface area contributed by atoms with Crippen LogP contribution in [0.25, 0.3) is 5.65 Å². The van der Waals surface area contributed by atoms with Crippen LogP contribution >= 0.6 is 0 Å². The van der Waals surface area contributed by atoms with Crippen LogP contribution in [-0.2, 0) is 6.18 Å². The van der Waals surface area contributed by atoms with Crippen molar-refractivity contribution in [3.05, 3.63) is 23.7 Å². The van der Waals surface area contributed by atoms with Gasteiger partial charge in [-0.1, -0.05) is 5.16 Å². The maximum absolute atomic E-state index is 13.5. The van der Waals surface area contributed by atoms with Gasteiger partial charge in [0.25, 0.3) is 0 Å². The molecule has 4 heterocycles. The second-order valence-electron chi connectivity index (χ2n) is 8.45. The van der Waals surface area contributed by atoms with Crippen molar-refractivity contribution in [3.8, 4) is 5.75 Å². The van der Waals surface area contributed by atoms with Crippen LogP contribution in [0.2, 0.25) is 0 Å². The van der Waals surface area contributed by atoms with Crippen LogP contribution in [0.5, 0.6) is 5.75 Å². The van der Waals surface area contributed by atoms with E-state index in [0.717, 1.165) is 18.9 Å². The summed E-state index contributed by atoms with van der Waals surface area (Å²) in [4.78, 5) is 10.3. The van der Waals surface area contributed by atoms with Crippen LogP contribution in [0.3, 0.4) is 0 Å². The van der Waals surface area contributed by atoms with Gasteiger partial charge in [0.1, 0.15) is 5.69 Å². The molecule has 1 N–H and O–H groups in total. The minimum Gasteiger partial charge on any atom is -0.480 e. The molecular weight excluding hydrogens is 472 g/mol. The number of ether oxygens (including phenoxy) is 1. The normalized spacial score (nSPS) is 23.0. The SMILES string of the molecule is Cc1noc(N2C[C@H]3CC[C@@H](C2)C3Nc2nc3c(OCC(F)(F)F)ccc(C(F)(F)F)n3n2)n1. The van der Waals surface area contributed by atoms with Gasteiger partial charge in [0.05, 0.1) is 0 Å². The number of aromatic nitrogens is 5. The van der Waals surface area contributed by atoms with Crippen molar-refractivity contribution in [1.29, 1.82) is 0 Å². The molecule has 3 aromatic heterocycles. The lowest BCUT2D eigenvalue weighted by atomic mass is 9.92. The lowest BCUT2D eigenvalue weighted by Crippen LogP contribution is -2.48. The Balaban J connectivity index is 1.41. The summed E-state index contributed by atoms with van der Waals surface area (Å²) in [5, 5.41) is 10.8. The third kappa shape index (κ3) is 4.30. The number of halogens is 6. The molecule has 1 aliphatic carbocycles. The van der Waals surface area contributed by atoms with E-state index in [1.54, 1.807) is 6.92 Å². The van der Waals surface area contributed by atoms with E-state index in [1.165, 1.54) is 0 Å². The number of nitrogens with zero attached hydrogens (tertiary/aromatic N) is 6. The summed E-state index contributed by atoms with van der Waals surface area (Å²) in [5.74, 6) is 0.176. The number of hydrogen-bond acceptors (Lipinski definition) is 8. The van der Waals surface area contributed by atoms with E-state index in [0.29, 0.717) is 35.5 Å². The molecule has 184 valence electrons. The van der Waals surface area contributed by atoms with Gasteiger partial charge in [0.15, 0.2) is 23.8 Å². The summed E-state index contributed by atoms with van der Waals surface area (Å²) in [6, 6.07) is 1.72. The molecule has 0 spiro atoms.